The quantitative estimate of drug-likeness (QED) is 0.330. The summed E-state index contributed by atoms with van der Waals surface area (Å²) in [5.41, 5.74) is 0.686. The Kier molecular flexibility index (Phi) is 7.72. The van der Waals surface area contributed by atoms with E-state index in [-0.39, 0.29) is 28.4 Å². The maximum atomic E-state index is 13.4. The Morgan fingerprint density at radius 1 is 0.889 bits per heavy atom. The van der Waals surface area contributed by atoms with Crippen LogP contribution in [0.2, 0.25) is 5.02 Å². The molecule has 0 radical (unpaired) electrons. The zero-order chi connectivity index (χ0) is 25.5. The highest BCUT2D eigenvalue weighted by Gasteiger charge is 2.27. The molecule has 4 rings (SSSR count). The molecule has 0 fully saturated rings. The van der Waals surface area contributed by atoms with Crippen LogP contribution in [0.25, 0.3) is 0 Å². The van der Waals surface area contributed by atoms with Crippen molar-refractivity contribution in [2.45, 2.75) is 11.4 Å². The lowest BCUT2D eigenvalue weighted by Gasteiger charge is -2.24. The summed E-state index contributed by atoms with van der Waals surface area (Å²) < 4.78 is 33.1. The molecule has 1 heterocycles. The van der Waals surface area contributed by atoms with Crippen LogP contribution in [0.3, 0.4) is 0 Å². The highest BCUT2D eigenvalue weighted by molar-refractivity contribution is 7.92. The van der Waals surface area contributed by atoms with E-state index in [9.17, 15) is 18.0 Å². The Bertz CT molecular complexity index is 1460. The Hall–Kier alpha value is -4.08. The summed E-state index contributed by atoms with van der Waals surface area (Å²) in [7, 11) is -4.09. The van der Waals surface area contributed by atoms with Crippen molar-refractivity contribution in [1.29, 1.82) is 0 Å². The van der Waals surface area contributed by atoms with E-state index in [0.29, 0.717) is 10.8 Å². The normalized spacial score (nSPS) is 11.0. The lowest BCUT2D eigenvalue weighted by atomic mass is 10.1. The van der Waals surface area contributed by atoms with Crippen LogP contribution in [-0.4, -0.2) is 26.8 Å². The van der Waals surface area contributed by atoms with E-state index >= 15 is 0 Å². The maximum Gasteiger partial charge on any atom is 0.264 e. The Balaban J connectivity index is 1.57. The van der Waals surface area contributed by atoms with Gasteiger partial charge < -0.3 is 15.1 Å². The van der Waals surface area contributed by atoms with Crippen molar-refractivity contribution in [2.24, 2.45) is 0 Å². The van der Waals surface area contributed by atoms with Gasteiger partial charge in [0.1, 0.15) is 12.3 Å². The average molecular weight is 524 g/mol. The minimum absolute atomic E-state index is 0.0236. The molecule has 0 saturated heterocycles. The molecular formula is C26H22ClN3O5S. The van der Waals surface area contributed by atoms with Gasteiger partial charge >= 0.3 is 0 Å². The maximum absolute atomic E-state index is 13.4. The number of carbonyl (C=O) groups excluding carboxylic acids is 2. The number of sulfonamides is 1. The van der Waals surface area contributed by atoms with Gasteiger partial charge in [-0.1, -0.05) is 48.0 Å². The van der Waals surface area contributed by atoms with Crippen molar-refractivity contribution < 1.29 is 22.4 Å². The van der Waals surface area contributed by atoms with E-state index in [0.717, 1.165) is 4.31 Å². The number of nitrogens with zero attached hydrogens (tertiary/aromatic N) is 1. The van der Waals surface area contributed by atoms with Crippen molar-refractivity contribution in [1.82, 2.24) is 5.32 Å². The highest BCUT2D eigenvalue weighted by Crippen LogP contribution is 2.26. The van der Waals surface area contributed by atoms with Crippen molar-refractivity contribution in [3.05, 3.63) is 114 Å². The summed E-state index contributed by atoms with van der Waals surface area (Å²) >= 11 is 6.10. The summed E-state index contributed by atoms with van der Waals surface area (Å²) in [4.78, 5) is 25.8. The number of nitrogens with one attached hydrogen (secondary N) is 2. The molecule has 3 aromatic carbocycles. The number of para-hydroxylation sites is 1. The Labute approximate surface area is 213 Å². The predicted molar refractivity (Wildman–Crippen MR) is 137 cm³/mol. The van der Waals surface area contributed by atoms with Crippen LogP contribution < -0.4 is 14.9 Å². The van der Waals surface area contributed by atoms with Gasteiger partial charge in [0.2, 0.25) is 5.91 Å². The van der Waals surface area contributed by atoms with Gasteiger partial charge in [-0.2, -0.15) is 0 Å². The molecule has 0 atom stereocenters. The van der Waals surface area contributed by atoms with Crippen molar-refractivity contribution >= 4 is 44.8 Å². The molecule has 184 valence electrons. The number of furan rings is 1. The minimum atomic E-state index is -4.09. The molecule has 0 aliphatic rings. The molecule has 36 heavy (non-hydrogen) atoms. The van der Waals surface area contributed by atoms with E-state index < -0.39 is 28.4 Å². The zero-order valence-corrected chi connectivity index (χ0v) is 20.5. The standard InChI is InChI=1S/C26H22ClN3O5S/c27-19-8-6-9-20(16-19)30(36(33,34)22-11-2-1-3-12-22)18-25(31)29-24-14-5-4-13-23(24)26(32)28-17-21-10-7-15-35-21/h1-16H,17-18H2,(H,28,32)(H,29,31). The van der Waals surface area contributed by atoms with Crippen LogP contribution in [0.1, 0.15) is 16.1 Å². The molecule has 1 aromatic heterocycles. The van der Waals surface area contributed by atoms with Gasteiger partial charge in [-0.25, -0.2) is 8.42 Å². The fourth-order valence-corrected chi connectivity index (χ4v) is 5.07. The van der Waals surface area contributed by atoms with Gasteiger partial charge in [-0.3, -0.25) is 13.9 Å². The molecule has 0 bridgehead atoms. The highest BCUT2D eigenvalue weighted by atomic mass is 35.5. The number of carbonyl (C=O) groups is 2. The van der Waals surface area contributed by atoms with Gasteiger partial charge in [0.15, 0.2) is 0 Å². The average Bonchev–Trinajstić information content (AvgIpc) is 3.40. The minimum Gasteiger partial charge on any atom is -0.467 e. The van der Waals surface area contributed by atoms with E-state index in [1.54, 1.807) is 72.8 Å². The number of hydrogen-bond donors (Lipinski definition) is 2. The topological polar surface area (TPSA) is 109 Å². The van der Waals surface area contributed by atoms with E-state index in [4.69, 9.17) is 16.0 Å². The van der Waals surface area contributed by atoms with E-state index in [2.05, 4.69) is 10.6 Å². The Morgan fingerprint density at radius 3 is 2.36 bits per heavy atom. The first-order valence-electron chi connectivity index (χ1n) is 10.9. The third kappa shape index (κ3) is 5.94. The van der Waals surface area contributed by atoms with Crippen LogP contribution in [-0.2, 0) is 21.4 Å². The SMILES string of the molecule is O=C(CN(c1cccc(Cl)c1)S(=O)(=O)c1ccccc1)Nc1ccccc1C(=O)NCc1ccco1. The number of amides is 2. The first-order valence-corrected chi connectivity index (χ1v) is 12.7. The number of halogens is 1. The van der Waals surface area contributed by atoms with Crippen LogP contribution in [0.15, 0.2) is 107 Å². The van der Waals surface area contributed by atoms with Crippen LogP contribution >= 0.6 is 11.6 Å². The summed E-state index contributed by atoms with van der Waals surface area (Å²) in [5.74, 6) is -0.486. The van der Waals surface area contributed by atoms with E-state index in [1.165, 1.54) is 24.5 Å². The molecule has 0 unspecified atom stereocenters. The molecule has 0 saturated carbocycles. The third-order valence-electron chi connectivity index (χ3n) is 5.16. The summed E-state index contributed by atoms with van der Waals surface area (Å²) in [6.07, 6.45) is 1.50. The zero-order valence-electron chi connectivity index (χ0n) is 18.9. The monoisotopic (exact) mass is 523 g/mol. The first kappa shape index (κ1) is 25.0. The van der Waals surface area contributed by atoms with Crippen molar-refractivity contribution in [3.63, 3.8) is 0 Å². The van der Waals surface area contributed by atoms with E-state index in [1.807, 2.05) is 0 Å². The summed E-state index contributed by atoms with van der Waals surface area (Å²) in [6, 6.07) is 23.9. The van der Waals surface area contributed by atoms with Gasteiger partial charge in [0, 0.05) is 5.02 Å². The summed E-state index contributed by atoms with van der Waals surface area (Å²) in [5, 5.41) is 5.71. The number of rotatable bonds is 9. The Morgan fingerprint density at radius 2 is 1.64 bits per heavy atom. The lowest BCUT2D eigenvalue weighted by molar-refractivity contribution is -0.114. The fraction of sp³-hybridized carbons (Fsp3) is 0.0769. The third-order valence-corrected chi connectivity index (χ3v) is 7.19. The number of benzene rings is 3. The largest absolute Gasteiger partial charge is 0.467 e. The fourth-order valence-electron chi connectivity index (χ4n) is 3.45. The van der Waals surface area contributed by atoms with Crippen LogP contribution in [0.5, 0.6) is 0 Å². The van der Waals surface area contributed by atoms with Gasteiger partial charge in [-0.05, 0) is 54.6 Å². The first-order chi connectivity index (χ1) is 17.3. The molecule has 0 aliphatic carbocycles. The second-order valence-corrected chi connectivity index (χ2v) is 9.96. The molecule has 8 nitrogen and oxygen atoms in total. The van der Waals surface area contributed by atoms with Crippen LogP contribution in [0.4, 0.5) is 11.4 Å². The number of hydrogen-bond acceptors (Lipinski definition) is 5. The number of anilines is 2. The van der Waals surface area contributed by atoms with Crippen molar-refractivity contribution in [3.8, 4) is 0 Å². The molecule has 4 aromatic rings. The second kappa shape index (κ2) is 11.1. The molecular weight excluding hydrogens is 502 g/mol. The molecule has 0 aliphatic heterocycles. The predicted octanol–water partition coefficient (Wildman–Crippen LogP) is 4.70. The van der Waals surface area contributed by atoms with Crippen molar-refractivity contribution in [2.75, 3.05) is 16.2 Å². The second-order valence-electron chi connectivity index (χ2n) is 7.66. The van der Waals surface area contributed by atoms with Gasteiger partial charge in [0.05, 0.1) is 34.6 Å². The van der Waals surface area contributed by atoms with Gasteiger partial charge in [0.25, 0.3) is 15.9 Å². The van der Waals surface area contributed by atoms with Crippen LogP contribution in [0, 0.1) is 0 Å². The van der Waals surface area contributed by atoms with Gasteiger partial charge in [-0.15, -0.1) is 0 Å². The summed E-state index contributed by atoms with van der Waals surface area (Å²) in [6.45, 7) is -0.369. The lowest BCUT2D eigenvalue weighted by Crippen LogP contribution is -2.38. The smallest absolute Gasteiger partial charge is 0.264 e. The molecule has 2 N–H and O–H groups in total. The molecule has 0 spiro atoms. The molecule has 10 heteroatoms. The molecule has 2 amide bonds.